The van der Waals surface area contributed by atoms with Gasteiger partial charge in [0.05, 0.1) is 18.3 Å². The predicted octanol–water partition coefficient (Wildman–Crippen LogP) is 0.886. The Balaban J connectivity index is 1.87. The standard InChI is InChI=1S/C13H17FN2O2/c1-16-6-7-18-10(9-16)8-15-13(17)11-4-2-3-5-12(11)14/h2-5,10H,6-9H2,1H3,(H,15,17). The van der Waals surface area contributed by atoms with Gasteiger partial charge >= 0.3 is 0 Å². The number of hydrogen-bond acceptors (Lipinski definition) is 3. The number of ether oxygens (including phenoxy) is 1. The van der Waals surface area contributed by atoms with Crippen LogP contribution in [0.1, 0.15) is 10.4 Å². The van der Waals surface area contributed by atoms with Gasteiger partial charge in [-0.3, -0.25) is 4.79 Å². The number of nitrogens with zero attached hydrogens (tertiary/aromatic N) is 1. The molecule has 1 aromatic carbocycles. The fourth-order valence-electron chi connectivity index (χ4n) is 1.94. The molecule has 0 radical (unpaired) electrons. The highest BCUT2D eigenvalue weighted by molar-refractivity contribution is 5.94. The largest absolute Gasteiger partial charge is 0.374 e. The summed E-state index contributed by atoms with van der Waals surface area (Å²) < 4.78 is 18.9. The number of carbonyl (C=O) groups is 1. The van der Waals surface area contributed by atoms with Crippen LogP contribution in [0.4, 0.5) is 4.39 Å². The minimum atomic E-state index is -0.503. The van der Waals surface area contributed by atoms with Crippen molar-refractivity contribution in [3.8, 4) is 0 Å². The lowest BCUT2D eigenvalue weighted by atomic mass is 10.2. The lowest BCUT2D eigenvalue weighted by Gasteiger charge is -2.30. The summed E-state index contributed by atoms with van der Waals surface area (Å²) in [6.07, 6.45) is -0.0283. The van der Waals surface area contributed by atoms with Crippen LogP contribution in [0, 0.1) is 5.82 Å². The quantitative estimate of drug-likeness (QED) is 0.868. The van der Waals surface area contributed by atoms with Gasteiger partial charge in [-0.1, -0.05) is 12.1 Å². The normalized spacial score (nSPS) is 20.7. The molecule has 1 fully saturated rings. The Morgan fingerprint density at radius 2 is 2.33 bits per heavy atom. The van der Waals surface area contributed by atoms with Gasteiger partial charge in [-0.25, -0.2) is 4.39 Å². The first-order valence-corrected chi connectivity index (χ1v) is 5.99. The van der Waals surface area contributed by atoms with Gasteiger partial charge in [0, 0.05) is 19.6 Å². The van der Waals surface area contributed by atoms with E-state index in [0.29, 0.717) is 13.2 Å². The number of halogens is 1. The van der Waals surface area contributed by atoms with Crippen LogP contribution in [0.15, 0.2) is 24.3 Å². The highest BCUT2D eigenvalue weighted by Crippen LogP contribution is 2.06. The molecule has 1 heterocycles. The third-order valence-corrected chi connectivity index (χ3v) is 2.95. The van der Waals surface area contributed by atoms with Crippen molar-refractivity contribution in [3.63, 3.8) is 0 Å². The molecule has 1 N–H and O–H groups in total. The molecule has 0 bridgehead atoms. The predicted molar refractivity (Wildman–Crippen MR) is 66.0 cm³/mol. The Bertz CT molecular complexity index is 425. The van der Waals surface area contributed by atoms with E-state index in [9.17, 15) is 9.18 Å². The molecular formula is C13H17FN2O2. The summed E-state index contributed by atoms with van der Waals surface area (Å²) in [5.74, 6) is -0.901. The third kappa shape index (κ3) is 3.27. The molecule has 4 nitrogen and oxygen atoms in total. The number of morpholine rings is 1. The molecule has 1 aliphatic heterocycles. The Labute approximate surface area is 106 Å². The summed E-state index contributed by atoms with van der Waals surface area (Å²) in [5, 5.41) is 2.70. The van der Waals surface area contributed by atoms with Crippen molar-refractivity contribution in [1.82, 2.24) is 10.2 Å². The molecule has 0 saturated carbocycles. The van der Waals surface area contributed by atoms with E-state index in [1.54, 1.807) is 12.1 Å². The van der Waals surface area contributed by atoms with Crippen molar-refractivity contribution >= 4 is 5.91 Å². The first-order valence-electron chi connectivity index (χ1n) is 5.99. The average Bonchev–Trinajstić information content (AvgIpc) is 2.37. The van der Waals surface area contributed by atoms with E-state index in [0.717, 1.165) is 13.1 Å². The summed E-state index contributed by atoms with van der Waals surface area (Å²) in [6.45, 7) is 2.74. The van der Waals surface area contributed by atoms with Gasteiger partial charge in [0.2, 0.25) is 0 Å². The second-order valence-corrected chi connectivity index (χ2v) is 4.44. The number of likely N-dealkylation sites (N-methyl/N-ethyl adjacent to an activating group) is 1. The van der Waals surface area contributed by atoms with Crippen LogP contribution < -0.4 is 5.32 Å². The van der Waals surface area contributed by atoms with Crippen LogP contribution in [-0.2, 0) is 4.74 Å². The van der Waals surface area contributed by atoms with Crippen LogP contribution in [0.2, 0.25) is 0 Å². The Morgan fingerprint density at radius 3 is 3.06 bits per heavy atom. The lowest BCUT2D eigenvalue weighted by Crippen LogP contribution is -2.46. The number of carbonyl (C=O) groups excluding carboxylic acids is 1. The van der Waals surface area contributed by atoms with Gasteiger partial charge in [0.25, 0.3) is 5.91 Å². The summed E-state index contributed by atoms with van der Waals surface area (Å²) in [5.41, 5.74) is 0.0710. The van der Waals surface area contributed by atoms with Crippen molar-refractivity contribution in [2.75, 3.05) is 33.3 Å². The van der Waals surface area contributed by atoms with Crippen molar-refractivity contribution < 1.29 is 13.9 Å². The molecule has 1 unspecified atom stereocenters. The van der Waals surface area contributed by atoms with Crippen molar-refractivity contribution in [2.45, 2.75) is 6.10 Å². The van der Waals surface area contributed by atoms with Gasteiger partial charge in [-0.15, -0.1) is 0 Å². The van der Waals surface area contributed by atoms with Crippen LogP contribution >= 0.6 is 0 Å². The fourth-order valence-corrected chi connectivity index (χ4v) is 1.94. The molecule has 5 heteroatoms. The Hall–Kier alpha value is -1.46. The minimum absolute atomic E-state index is 0.0283. The zero-order valence-electron chi connectivity index (χ0n) is 10.4. The van der Waals surface area contributed by atoms with Gasteiger partial charge < -0.3 is 15.0 Å². The maximum Gasteiger partial charge on any atom is 0.254 e. The molecule has 98 valence electrons. The first kappa shape index (κ1) is 13.0. The number of benzene rings is 1. The molecule has 2 rings (SSSR count). The smallest absolute Gasteiger partial charge is 0.254 e. The van der Waals surface area contributed by atoms with E-state index < -0.39 is 11.7 Å². The minimum Gasteiger partial charge on any atom is -0.374 e. The molecule has 18 heavy (non-hydrogen) atoms. The van der Waals surface area contributed by atoms with Gasteiger partial charge in [-0.05, 0) is 19.2 Å². The van der Waals surface area contributed by atoms with E-state index in [4.69, 9.17) is 4.74 Å². The average molecular weight is 252 g/mol. The molecule has 1 aromatic rings. The third-order valence-electron chi connectivity index (χ3n) is 2.95. The lowest BCUT2D eigenvalue weighted by molar-refractivity contribution is -0.0175. The summed E-state index contributed by atoms with van der Waals surface area (Å²) in [6, 6.07) is 5.95. The molecule has 1 saturated heterocycles. The Morgan fingerprint density at radius 1 is 1.56 bits per heavy atom. The second kappa shape index (κ2) is 5.93. The maximum absolute atomic E-state index is 13.4. The van der Waals surface area contributed by atoms with E-state index in [-0.39, 0.29) is 11.7 Å². The van der Waals surface area contributed by atoms with Crippen LogP contribution in [0.3, 0.4) is 0 Å². The van der Waals surface area contributed by atoms with Crippen molar-refractivity contribution in [1.29, 1.82) is 0 Å². The van der Waals surface area contributed by atoms with E-state index in [2.05, 4.69) is 10.2 Å². The summed E-state index contributed by atoms with van der Waals surface area (Å²) in [4.78, 5) is 13.9. The monoisotopic (exact) mass is 252 g/mol. The number of amides is 1. The summed E-state index contributed by atoms with van der Waals surface area (Å²) in [7, 11) is 2.01. The molecule has 1 amide bonds. The van der Waals surface area contributed by atoms with Gasteiger partial charge in [0.1, 0.15) is 5.82 Å². The van der Waals surface area contributed by atoms with Gasteiger partial charge in [-0.2, -0.15) is 0 Å². The SMILES string of the molecule is CN1CCOC(CNC(=O)c2ccccc2F)C1. The van der Waals surface area contributed by atoms with Crippen molar-refractivity contribution in [3.05, 3.63) is 35.6 Å². The highest BCUT2D eigenvalue weighted by Gasteiger charge is 2.19. The first-order chi connectivity index (χ1) is 8.66. The van der Waals surface area contributed by atoms with Crippen molar-refractivity contribution in [2.24, 2.45) is 0 Å². The Kier molecular flexibility index (Phi) is 4.28. The maximum atomic E-state index is 13.4. The number of rotatable bonds is 3. The number of hydrogen-bond donors (Lipinski definition) is 1. The molecule has 1 atom stereocenters. The van der Waals surface area contributed by atoms with E-state index in [1.165, 1.54) is 12.1 Å². The van der Waals surface area contributed by atoms with Crippen LogP contribution in [0.25, 0.3) is 0 Å². The molecular weight excluding hydrogens is 235 g/mol. The number of nitrogens with one attached hydrogen (secondary N) is 1. The zero-order valence-corrected chi connectivity index (χ0v) is 10.4. The summed E-state index contributed by atoms with van der Waals surface area (Å²) >= 11 is 0. The van der Waals surface area contributed by atoms with Crippen LogP contribution in [0.5, 0.6) is 0 Å². The molecule has 0 aromatic heterocycles. The van der Waals surface area contributed by atoms with Gasteiger partial charge in [0.15, 0.2) is 0 Å². The van der Waals surface area contributed by atoms with E-state index >= 15 is 0 Å². The van der Waals surface area contributed by atoms with Crippen LogP contribution in [-0.4, -0.2) is 50.2 Å². The molecule has 0 spiro atoms. The molecule has 1 aliphatic rings. The fraction of sp³-hybridized carbons (Fsp3) is 0.462. The molecule has 0 aliphatic carbocycles. The second-order valence-electron chi connectivity index (χ2n) is 4.44. The topological polar surface area (TPSA) is 41.6 Å². The highest BCUT2D eigenvalue weighted by atomic mass is 19.1. The zero-order chi connectivity index (χ0) is 13.0. The van der Waals surface area contributed by atoms with E-state index in [1.807, 2.05) is 7.05 Å².